The molecule has 0 aliphatic rings. The van der Waals surface area contributed by atoms with Gasteiger partial charge in [0.1, 0.15) is 5.84 Å². The standard InChI is InChI=1S/C9H22N4O3S/c1-8(2)7-12-17(15,16)11-6-4-3-5-9(10)13-14/h8,11-12,14H,3-7H2,1-2H3,(H2,10,13). The van der Waals surface area contributed by atoms with Gasteiger partial charge < -0.3 is 10.9 Å². The molecule has 0 unspecified atom stereocenters. The first-order valence-corrected chi connectivity index (χ1v) is 7.06. The lowest BCUT2D eigenvalue weighted by Gasteiger charge is -2.09. The van der Waals surface area contributed by atoms with E-state index in [2.05, 4.69) is 14.6 Å². The average molecular weight is 266 g/mol. The molecule has 0 aromatic heterocycles. The summed E-state index contributed by atoms with van der Waals surface area (Å²) >= 11 is 0. The van der Waals surface area contributed by atoms with Crippen LogP contribution in [0.1, 0.15) is 33.1 Å². The van der Waals surface area contributed by atoms with E-state index in [1.807, 2.05) is 13.8 Å². The van der Waals surface area contributed by atoms with Crippen molar-refractivity contribution in [2.75, 3.05) is 13.1 Å². The van der Waals surface area contributed by atoms with Crippen molar-refractivity contribution in [1.82, 2.24) is 9.44 Å². The number of rotatable bonds is 9. The number of hydrogen-bond acceptors (Lipinski definition) is 4. The van der Waals surface area contributed by atoms with E-state index in [-0.39, 0.29) is 11.8 Å². The van der Waals surface area contributed by atoms with Crippen LogP contribution in [-0.4, -0.2) is 32.6 Å². The first-order chi connectivity index (χ1) is 7.87. The van der Waals surface area contributed by atoms with Gasteiger partial charge in [-0.15, -0.1) is 0 Å². The molecule has 0 bridgehead atoms. The summed E-state index contributed by atoms with van der Waals surface area (Å²) < 4.78 is 27.6. The Balaban J connectivity index is 3.66. The Kier molecular flexibility index (Phi) is 7.85. The first kappa shape index (κ1) is 16.1. The first-order valence-electron chi connectivity index (χ1n) is 5.58. The number of unbranched alkanes of at least 4 members (excludes halogenated alkanes) is 1. The van der Waals surface area contributed by atoms with E-state index in [1.165, 1.54) is 0 Å². The normalized spacial score (nSPS) is 13.2. The van der Waals surface area contributed by atoms with E-state index in [0.717, 1.165) is 0 Å². The maximum absolute atomic E-state index is 11.4. The SMILES string of the molecule is CC(C)CNS(=O)(=O)NCCCCC(N)=NO. The zero-order valence-corrected chi connectivity index (χ0v) is 11.1. The molecule has 0 rings (SSSR count). The van der Waals surface area contributed by atoms with Gasteiger partial charge in [0.25, 0.3) is 10.2 Å². The predicted octanol–water partition coefficient (Wildman–Crippen LogP) is -0.0169. The van der Waals surface area contributed by atoms with Gasteiger partial charge in [0.15, 0.2) is 0 Å². The highest BCUT2D eigenvalue weighted by molar-refractivity contribution is 7.87. The van der Waals surface area contributed by atoms with Gasteiger partial charge in [-0.05, 0) is 18.8 Å². The number of hydrogen-bond donors (Lipinski definition) is 4. The monoisotopic (exact) mass is 266 g/mol. The van der Waals surface area contributed by atoms with Gasteiger partial charge in [-0.3, -0.25) is 0 Å². The molecule has 8 heteroatoms. The Morgan fingerprint density at radius 3 is 2.53 bits per heavy atom. The van der Waals surface area contributed by atoms with Gasteiger partial charge >= 0.3 is 0 Å². The van der Waals surface area contributed by atoms with Crippen LogP contribution in [0.5, 0.6) is 0 Å². The lowest BCUT2D eigenvalue weighted by molar-refractivity contribution is 0.316. The van der Waals surface area contributed by atoms with E-state index in [1.54, 1.807) is 0 Å². The number of amidine groups is 1. The van der Waals surface area contributed by atoms with E-state index in [9.17, 15) is 8.42 Å². The molecule has 5 N–H and O–H groups in total. The van der Waals surface area contributed by atoms with Crippen molar-refractivity contribution in [2.24, 2.45) is 16.8 Å². The van der Waals surface area contributed by atoms with Gasteiger partial charge in [0, 0.05) is 19.5 Å². The van der Waals surface area contributed by atoms with Crippen molar-refractivity contribution in [3.63, 3.8) is 0 Å². The quantitative estimate of drug-likeness (QED) is 0.154. The zero-order valence-electron chi connectivity index (χ0n) is 10.3. The van der Waals surface area contributed by atoms with Crippen LogP contribution in [0.4, 0.5) is 0 Å². The summed E-state index contributed by atoms with van der Waals surface area (Å²) in [5.41, 5.74) is 5.27. The van der Waals surface area contributed by atoms with Crippen LogP contribution in [-0.2, 0) is 10.2 Å². The fraction of sp³-hybridized carbons (Fsp3) is 0.889. The summed E-state index contributed by atoms with van der Waals surface area (Å²) in [6.07, 6.45) is 1.76. The van der Waals surface area contributed by atoms with Crippen molar-refractivity contribution >= 4 is 16.0 Å². The minimum absolute atomic E-state index is 0.158. The minimum atomic E-state index is -3.39. The maximum Gasteiger partial charge on any atom is 0.276 e. The van der Waals surface area contributed by atoms with Crippen molar-refractivity contribution in [2.45, 2.75) is 33.1 Å². The molecule has 17 heavy (non-hydrogen) atoms. The molecule has 0 atom stereocenters. The van der Waals surface area contributed by atoms with Gasteiger partial charge in [-0.2, -0.15) is 8.42 Å². The van der Waals surface area contributed by atoms with Gasteiger partial charge in [0.2, 0.25) is 0 Å². The molecule has 0 aromatic carbocycles. The summed E-state index contributed by atoms with van der Waals surface area (Å²) in [4.78, 5) is 0. The summed E-state index contributed by atoms with van der Waals surface area (Å²) in [6.45, 7) is 4.62. The summed E-state index contributed by atoms with van der Waals surface area (Å²) in [7, 11) is -3.39. The topological polar surface area (TPSA) is 117 Å². The van der Waals surface area contributed by atoms with Gasteiger partial charge in [-0.1, -0.05) is 19.0 Å². The molecule has 0 saturated carbocycles. The van der Waals surface area contributed by atoms with Crippen molar-refractivity contribution < 1.29 is 13.6 Å². The van der Waals surface area contributed by atoms with E-state index >= 15 is 0 Å². The van der Waals surface area contributed by atoms with Crippen LogP contribution in [0.3, 0.4) is 0 Å². The third-order valence-electron chi connectivity index (χ3n) is 1.96. The molecule has 0 aromatic rings. The van der Waals surface area contributed by atoms with Gasteiger partial charge in [0.05, 0.1) is 0 Å². The highest BCUT2D eigenvalue weighted by Crippen LogP contribution is 1.95. The summed E-state index contributed by atoms with van der Waals surface area (Å²) in [5, 5.41) is 11.1. The molecule has 0 aliphatic heterocycles. The molecule has 0 aliphatic carbocycles. The third-order valence-corrected chi connectivity index (χ3v) is 3.09. The number of nitrogens with one attached hydrogen (secondary N) is 2. The second kappa shape index (κ2) is 8.26. The largest absolute Gasteiger partial charge is 0.409 e. The molecular weight excluding hydrogens is 244 g/mol. The van der Waals surface area contributed by atoms with Crippen LogP contribution in [0.25, 0.3) is 0 Å². The molecular formula is C9H22N4O3S. The Morgan fingerprint density at radius 1 is 1.35 bits per heavy atom. The molecule has 0 spiro atoms. The number of oxime groups is 1. The van der Waals surface area contributed by atoms with Crippen LogP contribution in [0.15, 0.2) is 5.16 Å². The Hall–Kier alpha value is -0.860. The van der Waals surface area contributed by atoms with E-state index in [0.29, 0.717) is 32.4 Å². The third kappa shape index (κ3) is 10.0. The van der Waals surface area contributed by atoms with Crippen LogP contribution < -0.4 is 15.2 Å². The smallest absolute Gasteiger partial charge is 0.276 e. The number of nitrogens with zero attached hydrogens (tertiary/aromatic N) is 1. The second-order valence-electron chi connectivity index (χ2n) is 4.19. The molecule has 0 fully saturated rings. The lowest BCUT2D eigenvalue weighted by Crippen LogP contribution is -2.38. The summed E-state index contributed by atoms with van der Waals surface area (Å²) in [5.74, 6) is 0.429. The molecule has 0 saturated heterocycles. The van der Waals surface area contributed by atoms with Crippen molar-refractivity contribution in [1.29, 1.82) is 0 Å². The molecule has 0 heterocycles. The van der Waals surface area contributed by atoms with Gasteiger partial charge in [-0.25, -0.2) is 9.44 Å². The fourth-order valence-electron chi connectivity index (χ4n) is 1.02. The zero-order chi connectivity index (χ0) is 13.3. The van der Waals surface area contributed by atoms with E-state index in [4.69, 9.17) is 10.9 Å². The lowest BCUT2D eigenvalue weighted by atomic mass is 10.2. The van der Waals surface area contributed by atoms with E-state index < -0.39 is 10.2 Å². The molecule has 7 nitrogen and oxygen atoms in total. The van der Waals surface area contributed by atoms with Crippen LogP contribution >= 0.6 is 0 Å². The van der Waals surface area contributed by atoms with Crippen molar-refractivity contribution in [3.8, 4) is 0 Å². The highest BCUT2D eigenvalue weighted by Gasteiger charge is 2.08. The summed E-state index contributed by atoms with van der Waals surface area (Å²) in [6, 6.07) is 0. The Morgan fingerprint density at radius 2 is 2.00 bits per heavy atom. The minimum Gasteiger partial charge on any atom is -0.409 e. The second-order valence-corrected chi connectivity index (χ2v) is 5.77. The Bertz CT molecular complexity index is 327. The molecule has 0 radical (unpaired) electrons. The molecule has 102 valence electrons. The van der Waals surface area contributed by atoms with Crippen LogP contribution in [0, 0.1) is 5.92 Å². The van der Waals surface area contributed by atoms with Crippen LogP contribution in [0.2, 0.25) is 0 Å². The predicted molar refractivity (Wildman–Crippen MR) is 67.0 cm³/mol. The number of nitrogens with two attached hydrogens (primary N) is 1. The highest BCUT2D eigenvalue weighted by atomic mass is 32.2. The molecule has 0 amide bonds. The maximum atomic E-state index is 11.4. The average Bonchev–Trinajstić information content (AvgIpc) is 2.25. The Labute approximate surface area is 103 Å². The fourth-order valence-corrected chi connectivity index (χ4v) is 2.08. The van der Waals surface area contributed by atoms with Crippen molar-refractivity contribution in [3.05, 3.63) is 0 Å².